The third kappa shape index (κ3) is 2.67. The highest BCUT2D eigenvalue weighted by Crippen LogP contribution is 2.18. The highest BCUT2D eigenvalue weighted by molar-refractivity contribution is 5.97. The van der Waals surface area contributed by atoms with Gasteiger partial charge in [-0.3, -0.25) is 9.78 Å². The first kappa shape index (κ1) is 11.3. The molecule has 0 bridgehead atoms. The van der Waals surface area contributed by atoms with E-state index in [1.54, 1.807) is 12.4 Å². The van der Waals surface area contributed by atoms with Gasteiger partial charge in [-0.1, -0.05) is 0 Å². The zero-order valence-corrected chi connectivity index (χ0v) is 9.61. The maximum atomic E-state index is 11.9. The van der Waals surface area contributed by atoms with Crippen molar-refractivity contribution in [3.05, 3.63) is 29.6 Å². The van der Waals surface area contributed by atoms with E-state index in [0.717, 1.165) is 37.0 Å². The van der Waals surface area contributed by atoms with Gasteiger partial charge in [0.15, 0.2) is 5.78 Å². The van der Waals surface area contributed by atoms with Gasteiger partial charge >= 0.3 is 0 Å². The van der Waals surface area contributed by atoms with Crippen LogP contribution in [0.3, 0.4) is 0 Å². The summed E-state index contributed by atoms with van der Waals surface area (Å²) in [6.07, 6.45) is 7.30. The Balaban J connectivity index is 1.90. The molecule has 3 heteroatoms. The van der Waals surface area contributed by atoms with E-state index in [1.807, 2.05) is 13.0 Å². The number of aryl methyl sites for hydroxylation is 1. The van der Waals surface area contributed by atoms with Crippen LogP contribution in [-0.2, 0) is 4.74 Å². The minimum Gasteiger partial charge on any atom is -0.378 e. The van der Waals surface area contributed by atoms with Crippen molar-refractivity contribution in [3.8, 4) is 0 Å². The number of hydrogen-bond donors (Lipinski definition) is 0. The number of pyridine rings is 1. The molecule has 1 fully saturated rings. The van der Waals surface area contributed by atoms with Gasteiger partial charge in [0.05, 0.1) is 6.10 Å². The molecular formula is C13H17NO2. The zero-order valence-electron chi connectivity index (χ0n) is 9.61. The van der Waals surface area contributed by atoms with Gasteiger partial charge in [-0.05, 0) is 37.8 Å². The summed E-state index contributed by atoms with van der Waals surface area (Å²) in [7, 11) is 0. The van der Waals surface area contributed by atoms with E-state index in [0.29, 0.717) is 12.5 Å². The maximum Gasteiger partial charge on any atom is 0.164 e. The summed E-state index contributed by atoms with van der Waals surface area (Å²) in [5, 5.41) is 0. The van der Waals surface area contributed by atoms with E-state index in [2.05, 4.69) is 4.98 Å². The van der Waals surface area contributed by atoms with Crippen molar-refractivity contribution in [2.75, 3.05) is 6.61 Å². The number of carbonyl (C=O) groups is 1. The van der Waals surface area contributed by atoms with E-state index >= 15 is 0 Å². The Bertz CT molecular complexity index is 370. The third-order valence-corrected chi connectivity index (χ3v) is 3.06. The molecule has 0 N–H and O–H groups in total. The summed E-state index contributed by atoms with van der Waals surface area (Å²) < 4.78 is 5.50. The average molecular weight is 219 g/mol. The topological polar surface area (TPSA) is 39.2 Å². The predicted molar refractivity (Wildman–Crippen MR) is 61.5 cm³/mol. The molecule has 0 aromatic carbocycles. The van der Waals surface area contributed by atoms with Gasteiger partial charge in [0.2, 0.25) is 0 Å². The standard InChI is InChI=1S/C13H17NO2/c1-10-6-7-14-9-12(10)13(15)5-4-11-3-2-8-16-11/h6-7,9,11H,2-5,8H2,1H3. The molecule has 0 aliphatic carbocycles. The number of aromatic nitrogens is 1. The van der Waals surface area contributed by atoms with Crippen molar-refractivity contribution in [2.24, 2.45) is 0 Å². The number of ketones is 1. The van der Waals surface area contributed by atoms with Crippen molar-refractivity contribution in [2.45, 2.75) is 38.7 Å². The van der Waals surface area contributed by atoms with Crippen molar-refractivity contribution in [1.29, 1.82) is 0 Å². The number of hydrogen-bond acceptors (Lipinski definition) is 3. The number of nitrogens with zero attached hydrogens (tertiary/aromatic N) is 1. The van der Waals surface area contributed by atoms with Crippen LogP contribution in [0.25, 0.3) is 0 Å². The second-order valence-corrected chi connectivity index (χ2v) is 4.29. The Morgan fingerprint density at radius 3 is 3.19 bits per heavy atom. The van der Waals surface area contributed by atoms with Crippen LogP contribution in [0.1, 0.15) is 41.6 Å². The Morgan fingerprint density at radius 2 is 2.50 bits per heavy atom. The number of rotatable bonds is 4. The zero-order chi connectivity index (χ0) is 11.4. The average Bonchev–Trinajstić information content (AvgIpc) is 2.79. The second-order valence-electron chi connectivity index (χ2n) is 4.29. The van der Waals surface area contributed by atoms with E-state index < -0.39 is 0 Å². The molecule has 0 spiro atoms. The lowest BCUT2D eigenvalue weighted by Gasteiger charge is -2.08. The van der Waals surface area contributed by atoms with Crippen molar-refractivity contribution in [1.82, 2.24) is 4.98 Å². The molecule has 1 aromatic heterocycles. The van der Waals surface area contributed by atoms with Gasteiger partial charge in [-0.2, -0.15) is 0 Å². The van der Waals surface area contributed by atoms with Gasteiger partial charge in [0, 0.05) is 31.0 Å². The number of Topliss-reactive ketones (excluding diaryl/α,β-unsaturated/α-hetero) is 1. The van der Waals surface area contributed by atoms with Crippen LogP contribution in [0.2, 0.25) is 0 Å². The molecular weight excluding hydrogens is 202 g/mol. The van der Waals surface area contributed by atoms with Crippen LogP contribution >= 0.6 is 0 Å². The molecule has 1 aromatic rings. The van der Waals surface area contributed by atoms with E-state index in [4.69, 9.17) is 4.74 Å². The first-order valence-electron chi connectivity index (χ1n) is 5.83. The molecule has 2 rings (SSSR count). The summed E-state index contributed by atoms with van der Waals surface area (Å²) in [6, 6.07) is 1.87. The molecule has 1 aliphatic rings. The molecule has 0 saturated carbocycles. The van der Waals surface area contributed by atoms with Crippen molar-refractivity contribution < 1.29 is 9.53 Å². The quantitative estimate of drug-likeness (QED) is 0.730. The number of carbonyl (C=O) groups excluding carboxylic acids is 1. The normalized spacial score (nSPS) is 19.9. The summed E-state index contributed by atoms with van der Waals surface area (Å²) in [6.45, 7) is 2.80. The maximum absolute atomic E-state index is 11.9. The molecule has 3 nitrogen and oxygen atoms in total. The lowest BCUT2D eigenvalue weighted by atomic mass is 10.0. The van der Waals surface area contributed by atoms with Crippen LogP contribution in [0.5, 0.6) is 0 Å². The Hall–Kier alpha value is -1.22. The molecule has 0 radical (unpaired) electrons. The molecule has 16 heavy (non-hydrogen) atoms. The SMILES string of the molecule is Cc1ccncc1C(=O)CCC1CCCO1. The summed E-state index contributed by atoms with van der Waals surface area (Å²) in [5.74, 6) is 0.182. The minimum absolute atomic E-state index is 0.182. The highest BCUT2D eigenvalue weighted by atomic mass is 16.5. The molecule has 1 aliphatic heterocycles. The molecule has 1 unspecified atom stereocenters. The Morgan fingerprint density at radius 1 is 1.62 bits per heavy atom. The van der Waals surface area contributed by atoms with Gasteiger partial charge in [0.25, 0.3) is 0 Å². The van der Waals surface area contributed by atoms with Gasteiger partial charge in [-0.15, -0.1) is 0 Å². The third-order valence-electron chi connectivity index (χ3n) is 3.06. The fourth-order valence-electron chi connectivity index (χ4n) is 2.05. The van der Waals surface area contributed by atoms with E-state index in [-0.39, 0.29) is 5.78 Å². The van der Waals surface area contributed by atoms with Gasteiger partial charge < -0.3 is 4.74 Å². The van der Waals surface area contributed by atoms with E-state index in [1.165, 1.54) is 0 Å². The molecule has 2 heterocycles. The van der Waals surface area contributed by atoms with Crippen LogP contribution in [-0.4, -0.2) is 23.5 Å². The first-order chi connectivity index (χ1) is 7.77. The molecule has 0 amide bonds. The van der Waals surface area contributed by atoms with E-state index in [9.17, 15) is 4.79 Å². The Kier molecular flexibility index (Phi) is 3.67. The number of ether oxygens (including phenoxy) is 1. The van der Waals surface area contributed by atoms with Crippen LogP contribution in [0, 0.1) is 6.92 Å². The highest BCUT2D eigenvalue weighted by Gasteiger charge is 2.17. The first-order valence-corrected chi connectivity index (χ1v) is 5.83. The predicted octanol–water partition coefficient (Wildman–Crippen LogP) is 2.53. The van der Waals surface area contributed by atoms with Gasteiger partial charge in [0.1, 0.15) is 0 Å². The van der Waals surface area contributed by atoms with Crippen LogP contribution < -0.4 is 0 Å². The van der Waals surface area contributed by atoms with Crippen molar-refractivity contribution in [3.63, 3.8) is 0 Å². The molecule has 1 atom stereocenters. The fourth-order valence-corrected chi connectivity index (χ4v) is 2.05. The fraction of sp³-hybridized carbons (Fsp3) is 0.538. The lowest BCUT2D eigenvalue weighted by Crippen LogP contribution is -2.09. The summed E-state index contributed by atoms with van der Waals surface area (Å²) >= 11 is 0. The second kappa shape index (κ2) is 5.21. The van der Waals surface area contributed by atoms with Crippen LogP contribution in [0.4, 0.5) is 0 Å². The summed E-state index contributed by atoms with van der Waals surface area (Å²) in [5.41, 5.74) is 1.76. The lowest BCUT2D eigenvalue weighted by molar-refractivity contribution is 0.0858. The van der Waals surface area contributed by atoms with Crippen LogP contribution in [0.15, 0.2) is 18.5 Å². The smallest absolute Gasteiger partial charge is 0.164 e. The molecule has 86 valence electrons. The Labute approximate surface area is 95.8 Å². The van der Waals surface area contributed by atoms with Crippen molar-refractivity contribution >= 4 is 5.78 Å². The minimum atomic E-state index is 0.182. The largest absolute Gasteiger partial charge is 0.378 e. The monoisotopic (exact) mass is 219 g/mol. The molecule has 1 saturated heterocycles. The summed E-state index contributed by atoms with van der Waals surface area (Å²) in [4.78, 5) is 15.9. The van der Waals surface area contributed by atoms with Gasteiger partial charge in [-0.25, -0.2) is 0 Å².